The van der Waals surface area contributed by atoms with E-state index in [0.717, 1.165) is 0 Å². The number of aliphatic hydroxyl groups is 2. The van der Waals surface area contributed by atoms with Crippen molar-refractivity contribution in [3.05, 3.63) is 28.2 Å². The molecule has 0 saturated heterocycles. The van der Waals surface area contributed by atoms with Gasteiger partial charge in [0.05, 0.1) is 12.7 Å². The zero-order valence-corrected chi connectivity index (χ0v) is 14.7. The van der Waals surface area contributed by atoms with Crippen LogP contribution in [0.2, 0.25) is 0 Å². The Bertz CT molecular complexity index is 933. The number of rotatable bonds is 4. The van der Waals surface area contributed by atoms with E-state index in [4.69, 9.17) is 4.74 Å². The second-order valence-electron chi connectivity index (χ2n) is 6.01. The Morgan fingerprint density at radius 3 is 2.88 bits per heavy atom. The fraction of sp³-hybridized carbons (Fsp3) is 0.429. The molecule has 0 fully saturated rings. The minimum absolute atomic E-state index is 0.0687. The molecule has 3 heterocycles. The summed E-state index contributed by atoms with van der Waals surface area (Å²) >= 11 is 4.14. The summed E-state index contributed by atoms with van der Waals surface area (Å²) in [5.41, 5.74) is -1.39. The topological polar surface area (TPSA) is 129 Å². The standard InChI is InChI=1S/C14H18N6O4S/c1-14(4-25)9(22)8(21)12(24-14)20-6-15-7-10(20)17-13(18-11(7)23)16-5-19(2)3/h5-6,12,21-22,25H,4H2,1-3H3,(H,17,18,23). The van der Waals surface area contributed by atoms with Crippen molar-refractivity contribution in [1.29, 1.82) is 0 Å². The summed E-state index contributed by atoms with van der Waals surface area (Å²) < 4.78 is 7.09. The van der Waals surface area contributed by atoms with Crippen LogP contribution in [0, 0.1) is 0 Å². The first-order valence-electron chi connectivity index (χ1n) is 7.35. The van der Waals surface area contributed by atoms with Crippen LogP contribution >= 0.6 is 12.6 Å². The number of imidazole rings is 1. The number of hydrogen-bond donors (Lipinski definition) is 4. The molecule has 3 N–H and O–H groups in total. The van der Waals surface area contributed by atoms with Crippen LogP contribution in [-0.4, -0.2) is 66.4 Å². The van der Waals surface area contributed by atoms with Gasteiger partial charge in [-0.25, -0.2) is 9.98 Å². The van der Waals surface area contributed by atoms with Crippen LogP contribution < -0.4 is 5.56 Å². The summed E-state index contributed by atoms with van der Waals surface area (Å²) in [4.78, 5) is 28.7. The third-order valence-electron chi connectivity index (χ3n) is 3.73. The van der Waals surface area contributed by atoms with Crippen LogP contribution in [0.25, 0.3) is 11.2 Å². The highest BCUT2D eigenvalue weighted by Crippen LogP contribution is 2.40. The number of aliphatic imine (C=N–C) groups is 1. The Kier molecular flexibility index (Phi) is 4.21. The van der Waals surface area contributed by atoms with Gasteiger partial charge in [0.15, 0.2) is 28.9 Å². The van der Waals surface area contributed by atoms with Crippen LogP contribution in [0.3, 0.4) is 0 Å². The summed E-state index contributed by atoms with van der Waals surface area (Å²) in [5.74, 6) is -0.463. The van der Waals surface area contributed by atoms with Crippen LogP contribution in [0.1, 0.15) is 13.2 Å². The van der Waals surface area contributed by atoms with Gasteiger partial charge in [0.1, 0.15) is 5.60 Å². The molecule has 0 aliphatic carbocycles. The molecule has 134 valence electrons. The second-order valence-corrected chi connectivity index (χ2v) is 6.33. The van der Waals surface area contributed by atoms with E-state index in [-0.39, 0.29) is 34.4 Å². The molecule has 1 aliphatic heterocycles. The molecule has 10 nitrogen and oxygen atoms in total. The van der Waals surface area contributed by atoms with Crippen LogP contribution in [0.5, 0.6) is 0 Å². The SMILES string of the molecule is CN(C)C=Nc1nc2c(ncn2C2OC(C)(CS)C(O)=C2O)c(=O)[nH]1. The van der Waals surface area contributed by atoms with Crippen molar-refractivity contribution >= 4 is 36.1 Å². The molecule has 2 aromatic rings. The predicted molar refractivity (Wildman–Crippen MR) is 94.7 cm³/mol. The molecular weight excluding hydrogens is 348 g/mol. The lowest BCUT2D eigenvalue weighted by atomic mass is 10.1. The molecule has 0 amide bonds. The summed E-state index contributed by atoms with van der Waals surface area (Å²) in [6.45, 7) is 1.59. The Labute approximate surface area is 147 Å². The number of nitrogens with one attached hydrogen (secondary N) is 1. The van der Waals surface area contributed by atoms with Gasteiger partial charge in [0.25, 0.3) is 5.56 Å². The lowest BCUT2D eigenvalue weighted by Gasteiger charge is -2.23. The monoisotopic (exact) mass is 366 g/mol. The van der Waals surface area contributed by atoms with Gasteiger partial charge in [0.2, 0.25) is 5.95 Å². The lowest BCUT2D eigenvalue weighted by molar-refractivity contribution is -0.0577. The number of aromatic nitrogens is 4. The zero-order chi connectivity index (χ0) is 18.4. The lowest BCUT2D eigenvalue weighted by Crippen LogP contribution is -2.30. The first-order valence-corrected chi connectivity index (χ1v) is 7.99. The number of ether oxygens (including phenoxy) is 1. The molecule has 1 aliphatic rings. The van der Waals surface area contributed by atoms with Gasteiger partial charge in [-0.05, 0) is 6.92 Å². The first kappa shape index (κ1) is 17.3. The normalized spacial score (nSPS) is 23.9. The highest BCUT2D eigenvalue weighted by molar-refractivity contribution is 7.80. The van der Waals surface area contributed by atoms with E-state index in [1.807, 2.05) is 0 Å². The van der Waals surface area contributed by atoms with E-state index in [2.05, 4.69) is 32.6 Å². The second kappa shape index (κ2) is 6.08. The van der Waals surface area contributed by atoms with Crippen LogP contribution in [0.15, 0.2) is 27.6 Å². The van der Waals surface area contributed by atoms with Crippen molar-refractivity contribution in [3.8, 4) is 0 Å². The van der Waals surface area contributed by atoms with E-state index in [9.17, 15) is 15.0 Å². The van der Waals surface area contributed by atoms with Gasteiger partial charge in [-0.2, -0.15) is 17.6 Å². The summed E-state index contributed by atoms with van der Waals surface area (Å²) in [5, 5.41) is 20.4. The maximum atomic E-state index is 12.2. The number of thiol groups is 1. The van der Waals surface area contributed by atoms with Gasteiger partial charge < -0.3 is 19.8 Å². The molecule has 11 heteroatoms. The van der Waals surface area contributed by atoms with Crippen molar-refractivity contribution in [2.24, 2.45) is 4.99 Å². The average Bonchev–Trinajstić information content (AvgIpc) is 3.09. The van der Waals surface area contributed by atoms with E-state index in [1.54, 1.807) is 25.9 Å². The molecule has 2 unspecified atom stereocenters. The molecule has 0 radical (unpaired) electrons. The number of fused-ring (bicyclic) bond motifs is 1. The molecule has 25 heavy (non-hydrogen) atoms. The maximum absolute atomic E-state index is 12.2. The third kappa shape index (κ3) is 2.85. The number of hydrogen-bond acceptors (Lipinski definition) is 8. The Morgan fingerprint density at radius 2 is 2.28 bits per heavy atom. The summed E-state index contributed by atoms with van der Waals surface area (Å²) in [6, 6.07) is 0. The molecule has 0 spiro atoms. The van der Waals surface area contributed by atoms with Gasteiger partial charge in [-0.15, -0.1) is 0 Å². The van der Waals surface area contributed by atoms with Crippen molar-refractivity contribution < 1.29 is 14.9 Å². The molecule has 0 bridgehead atoms. The Hall–Kier alpha value is -2.53. The number of aromatic amines is 1. The van der Waals surface area contributed by atoms with E-state index in [1.165, 1.54) is 17.2 Å². The highest BCUT2D eigenvalue weighted by atomic mass is 32.1. The van der Waals surface area contributed by atoms with Gasteiger partial charge in [0, 0.05) is 19.8 Å². The van der Waals surface area contributed by atoms with Crippen LogP contribution in [-0.2, 0) is 4.74 Å². The molecule has 0 saturated carbocycles. The van der Waals surface area contributed by atoms with E-state index >= 15 is 0 Å². The molecule has 2 atom stereocenters. The molecule has 0 aromatic carbocycles. The van der Waals surface area contributed by atoms with Crippen molar-refractivity contribution in [3.63, 3.8) is 0 Å². The molecular formula is C14H18N6O4S. The number of aliphatic hydroxyl groups excluding tert-OH is 2. The highest BCUT2D eigenvalue weighted by Gasteiger charge is 2.45. The van der Waals surface area contributed by atoms with Gasteiger partial charge >= 0.3 is 0 Å². The smallest absolute Gasteiger partial charge is 0.280 e. The van der Waals surface area contributed by atoms with E-state index in [0.29, 0.717) is 0 Å². The van der Waals surface area contributed by atoms with Crippen molar-refractivity contribution in [1.82, 2.24) is 24.4 Å². The minimum atomic E-state index is -1.15. The first-order chi connectivity index (χ1) is 11.8. The van der Waals surface area contributed by atoms with Crippen molar-refractivity contribution in [2.75, 3.05) is 19.8 Å². The third-order valence-corrected chi connectivity index (χ3v) is 4.34. The maximum Gasteiger partial charge on any atom is 0.280 e. The average molecular weight is 366 g/mol. The summed E-state index contributed by atoms with van der Waals surface area (Å²) in [7, 11) is 3.56. The fourth-order valence-electron chi connectivity index (χ4n) is 2.36. The molecule has 2 aromatic heterocycles. The zero-order valence-electron chi connectivity index (χ0n) is 13.8. The number of H-pyrrole nitrogens is 1. The largest absolute Gasteiger partial charge is 0.506 e. The fourth-order valence-corrected chi connectivity index (χ4v) is 2.59. The quantitative estimate of drug-likeness (QED) is 0.359. The van der Waals surface area contributed by atoms with Crippen molar-refractivity contribution in [2.45, 2.75) is 18.8 Å². The predicted octanol–water partition coefficient (Wildman–Crippen LogP) is 0.886. The van der Waals surface area contributed by atoms with Gasteiger partial charge in [-0.1, -0.05) is 0 Å². The van der Waals surface area contributed by atoms with Gasteiger partial charge in [-0.3, -0.25) is 14.3 Å². The number of nitrogens with zero attached hydrogens (tertiary/aromatic N) is 5. The Morgan fingerprint density at radius 1 is 1.56 bits per heavy atom. The summed E-state index contributed by atoms with van der Waals surface area (Å²) in [6.07, 6.45) is 1.73. The Balaban J connectivity index is 2.11. The molecule has 3 rings (SSSR count). The minimum Gasteiger partial charge on any atom is -0.506 e. The van der Waals surface area contributed by atoms with E-state index < -0.39 is 17.4 Å². The van der Waals surface area contributed by atoms with Crippen LogP contribution in [0.4, 0.5) is 5.95 Å².